The number of allylic oxidation sites excluding steroid dienone is 4. The van der Waals surface area contributed by atoms with Crippen molar-refractivity contribution < 1.29 is 26.2 Å². The molecular formula is C18H31Cl2Zr-. The minimum Gasteiger partial charge on any atom is -0.269 e. The number of hydrogen-bond donors (Lipinski definition) is 0. The van der Waals surface area contributed by atoms with Gasteiger partial charge >= 0.3 is 0 Å². The van der Waals surface area contributed by atoms with Crippen molar-refractivity contribution in [2.45, 2.75) is 66.7 Å². The fraction of sp³-hybridized carbons (Fsp3) is 0.778. The third-order valence-corrected chi connectivity index (χ3v) is 5.86. The number of hydrogen-bond acceptors (Lipinski definition) is 0. The van der Waals surface area contributed by atoms with E-state index in [1.54, 1.807) is 0 Å². The molecule has 0 N–H and O–H groups in total. The van der Waals surface area contributed by atoms with Gasteiger partial charge in [-0.3, -0.25) is 6.08 Å². The summed E-state index contributed by atoms with van der Waals surface area (Å²) in [5, 5.41) is 0. The first-order valence-electron chi connectivity index (χ1n) is 7.64. The summed E-state index contributed by atoms with van der Waals surface area (Å²) in [6.45, 7) is 12.2. The fourth-order valence-electron chi connectivity index (χ4n) is 3.66. The third-order valence-electron chi connectivity index (χ3n) is 5.86. The van der Waals surface area contributed by atoms with Crippen molar-refractivity contribution in [2.24, 2.45) is 22.7 Å². The van der Waals surface area contributed by atoms with Crippen LogP contribution < -0.4 is 0 Å². The Morgan fingerprint density at radius 3 is 2.38 bits per heavy atom. The molecule has 2 atom stereocenters. The molecule has 0 aromatic rings. The summed E-state index contributed by atoms with van der Waals surface area (Å²) < 4.78 is 0. The van der Waals surface area contributed by atoms with Crippen LogP contribution in [0.4, 0.5) is 0 Å². The molecule has 1 fully saturated rings. The first-order valence-corrected chi connectivity index (χ1v) is 7.64. The molecule has 2 unspecified atom stereocenters. The second-order valence-electron chi connectivity index (χ2n) is 7.53. The van der Waals surface area contributed by atoms with E-state index in [1.165, 1.54) is 31.3 Å². The summed E-state index contributed by atoms with van der Waals surface area (Å²) in [7, 11) is 0. The predicted octanol–water partition coefficient (Wildman–Crippen LogP) is 6.40. The Bertz CT molecular complexity index is 371. The zero-order valence-electron chi connectivity index (χ0n) is 14.2. The van der Waals surface area contributed by atoms with Gasteiger partial charge in [0.15, 0.2) is 0 Å². The first kappa shape index (κ1) is 24.2. The molecule has 122 valence electrons. The van der Waals surface area contributed by atoms with E-state index in [4.69, 9.17) is 0 Å². The van der Waals surface area contributed by atoms with E-state index in [1.807, 2.05) is 0 Å². The molecule has 0 nitrogen and oxygen atoms in total. The zero-order valence-corrected chi connectivity index (χ0v) is 18.3. The molecule has 0 spiro atoms. The average Bonchev–Trinajstić information content (AvgIpc) is 2.83. The molecule has 0 radical (unpaired) electrons. The minimum absolute atomic E-state index is 0. The predicted molar refractivity (Wildman–Crippen MR) is 93.7 cm³/mol. The van der Waals surface area contributed by atoms with Gasteiger partial charge in [0.05, 0.1) is 0 Å². The van der Waals surface area contributed by atoms with Crippen LogP contribution in [0.25, 0.3) is 0 Å². The summed E-state index contributed by atoms with van der Waals surface area (Å²) in [5.41, 5.74) is 2.35. The molecule has 2 aliphatic rings. The van der Waals surface area contributed by atoms with Gasteiger partial charge in [0.2, 0.25) is 0 Å². The maximum atomic E-state index is 3.57. The molecule has 0 saturated heterocycles. The summed E-state index contributed by atoms with van der Waals surface area (Å²) >= 11 is 0. The van der Waals surface area contributed by atoms with E-state index in [-0.39, 0.29) is 51.0 Å². The molecule has 1 saturated carbocycles. The second kappa shape index (κ2) is 9.29. The van der Waals surface area contributed by atoms with E-state index >= 15 is 0 Å². The summed E-state index contributed by atoms with van der Waals surface area (Å²) in [6.07, 6.45) is 14.7. The summed E-state index contributed by atoms with van der Waals surface area (Å²) in [6, 6.07) is 0. The van der Waals surface area contributed by atoms with Crippen LogP contribution in [0.3, 0.4) is 0 Å². The molecule has 21 heavy (non-hydrogen) atoms. The summed E-state index contributed by atoms with van der Waals surface area (Å²) in [4.78, 5) is 0. The van der Waals surface area contributed by atoms with Crippen molar-refractivity contribution in [3.8, 4) is 0 Å². The van der Waals surface area contributed by atoms with E-state index in [0.29, 0.717) is 10.8 Å². The largest absolute Gasteiger partial charge is 0.269 e. The van der Waals surface area contributed by atoms with Gasteiger partial charge in [0.25, 0.3) is 0 Å². The Balaban J connectivity index is 0. The smallest absolute Gasteiger partial charge is 0 e. The normalized spacial score (nSPS) is 28.3. The van der Waals surface area contributed by atoms with Crippen LogP contribution in [0.1, 0.15) is 66.7 Å². The average molecular weight is 410 g/mol. The van der Waals surface area contributed by atoms with Gasteiger partial charge in [-0.2, -0.15) is 6.08 Å². The van der Waals surface area contributed by atoms with E-state index in [0.717, 1.165) is 18.3 Å². The van der Waals surface area contributed by atoms with Gasteiger partial charge in [-0.05, 0) is 41.9 Å². The van der Waals surface area contributed by atoms with Crippen LogP contribution >= 0.6 is 24.8 Å². The van der Waals surface area contributed by atoms with Gasteiger partial charge in [0.1, 0.15) is 0 Å². The molecule has 3 heteroatoms. The molecule has 0 amide bonds. The second-order valence-corrected chi connectivity index (χ2v) is 7.53. The van der Waals surface area contributed by atoms with Crippen LogP contribution in [0.5, 0.6) is 0 Å². The van der Waals surface area contributed by atoms with E-state index < -0.39 is 0 Å². The Labute approximate surface area is 163 Å². The zero-order chi connectivity index (χ0) is 13.4. The molecule has 2 aliphatic carbocycles. The molecule has 0 aromatic heterocycles. The van der Waals surface area contributed by atoms with Crippen molar-refractivity contribution in [1.29, 1.82) is 0 Å². The van der Waals surface area contributed by atoms with Gasteiger partial charge in [0, 0.05) is 26.2 Å². The Morgan fingerprint density at radius 1 is 1.29 bits per heavy atom. The molecule has 0 bridgehead atoms. The molecule has 0 heterocycles. The van der Waals surface area contributed by atoms with Crippen LogP contribution in [0.15, 0.2) is 17.7 Å². The monoisotopic (exact) mass is 407 g/mol. The SMILES string of the molecule is CC(C)C(C)(C)C1CCCC(C)(C2=[C-]CC=C2)C1.Cl.Cl.[Zr]. The maximum absolute atomic E-state index is 3.57. The van der Waals surface area contributed by atoms with Gasteiger partial charge < -0.3 is 0 Å². The van der Waals surface area contributed by atoms with Crippen molar-refractivity contribution >= 4 is 24.8 Å². The summed E-state index contributed by atoms with van der Waals surface area (Å²) in [5.74, 6) is 1.63. The number of rotatable bonds is 3. The van der Waals surface area contributed by atoms with Crippen LogP contribution in [-0.4, -0.2) is 0 Å². The third kappa shape index (κ3) is 5.22. The fourth-order valence-corrected chi connectivity index (χ4v) is 3.66. The van der Waals surface area contributed by atoms with Gasteiger partial charge in [-0.1, -0.05) is 41.0 Å². The molecular weight excluding hydrogens is 378 g/mol. The van der Waals surface area contributed by atoms with E-state index in [2.05, 4.69) is 52.8 Å². The molecule has 2 rings (SSSR count). The van der Waals surface area contributed by atoms with Crippen molar-refractivity contribution in [2.75, 3.05) is 0 Å². The Morgan fingerprint density at radius 2 is 1.90 bits per heavy atom. The maximum Gasteiger partial charge on any atom is 0 e. The van der Waals surface area contributed by atoms with E-state index in [9.17, 15) is 0 Å². The molecule has 0 aromatic carbocycles. The topological polar surface area (TPSA) is 0 Å². The van der Waals surface area contributed by atoms with Crippen LogP contribution in [0, 0.1) is 28.7 Å². The molecule has 0 aliphatic heterocycles. The van der Waals surface area contributed by atoms with Gasteiger partial charge in [-0.25, -0.2) is 11.6 Å². The van der Waals surface area contributed by atoms with Crippen LogP contribution in [0.2, 0.25) is 0 Å². The van der Waals surface area contributed by atoms with Crippen LogP contribution in [-0.2, 0) is 26.2 Å². The van der Waals surface area contributed by atoms with Crippen molar-refractivity contribution in [3.05, 3.63) is 23.8 Å². The Kier molecular flexibility index (Phi) is 10.7. The Hall–Kier alpha value is 0.943. The van der Waals surface area contributed by atoms with Crippen molar-refractivity contribution in [3.63, 3.8) is 0 Å². The van der Waals surface area contributed by atoms with Crippen molar-refractivity contribution in [1.82, 2.24) is 0 Å². The number of halogens is 2. The van der Waals surface area contributed by atoms with Gasteiger partial charge in [-0.15, -0.1) is 31.2 Å². The first-order chi connectivity index (χ1) is 8.36. The standard InChI is InChI=1S/C18H29.2ClH.Zr/c1-14(2)17(3,4)16-11-8-12-18(5,13-16)15-9-6-7-10-15;;;/h6,9,14,16H,7-8,11-13H2,1-5H3;2*1H;/q-1;;;. The quantitative estimate of drug-likeness (QED) is 0.473. The minimum atomic E-state index is 0.